The van der Waals surface area contributed by atoms with E-state index in [4.69, 9.17) is 9.47 Å². The minimum Gasteiger partial charge on any atom is -0.497 e. The SMILES string of the molecule is CCOC(=O)C[C@@H](NC(=O)c1cc(OC)ccc1Br)c1ccccc1. The summed E-state index contributed by atoms with van der Waals surface area (Å²) in [5.74, 6) is -0.0831. The lowest BCUT2D eigenvalue weighted by atomic mass is 10.0. The molecule has 0 heterocycles. The van der Waals surface area contributed by atoms with E-state index >= 15 is 0 Å². The lowest BCUT2D eigenvalue weighted by molar-refractivity contribution is -0.143. The predicted octanol–water partition coefficient (Wildman–Crippen LogP) is 3.88. The van der Waals surface area contributed by atoms with Gasteiger partial charge in [-0.05, 0) is 46.6 Å². The average molecular weight is 406 g/mol. The number of esters is 1. The number of nitrogens with one attached hydrogen (secondary N) is 1. The topological polar surface area (TPSA) is 64.6 Å². The van der Waals surface area contributed by atoms with E-state index in [2.05, 4.69) is 21.2 Å². The third-order valence-electron chi connectivity index (χ3n) is 3.60. The predicted molar refractivity (Wildman–Crippen MR) is 98.6 cm³/mol. The zero-order valence-electron chi connectivity index (χ0n) is 14.1. The van der Waals surface area contributed by atoms with Gasteiger partial charge in [-0.2, -0.15) is 0 Å². The van der Waals surface area contributed by atoms with Crippen molar-refractivity contribution in [2.24, 2.45) is 0 Å². The largest absolute Gasteiger partial charge is 0.497 e. The van der Waals surface area contributed by atoms with Crippen molar-refractivity contribution in [3.05, 3.63) is 64.1 Å². The van der Waals surface area contributed by atoms with Crippen LogP contribution in [0.1, 0.15) is 35.3 Å². The molecular weight excluding hydrogens is 386 g/mol. The molecule has 6 heteroatoms. The molecule has 2 rings (SSSR count). The lowest BCUT2D eigenvalue weighted by Crippen LogP contribution is -2.31. The number of methoxy groups -OCH3 is 1. The first-order valence-corrected chi connectivity index (χ1v) is 8.69. The van der Waals surface area contributed by atoms with Crippen LogP contribution in [-0.2, 0) is 9.53 Å². The summed E-state index contributed by atoms with van der Waals surface area (Å²) in [6.45, 7) is 2.05. The summed E-state index contributed by atoms with van der Waals surface area (Å²) in [4.78, 5) is 24.6. The number of amides is 1. The fourth-order valence-corrected chi connectivity index (χ4v) is 2.79. The molecule has 0 saturated carbocycles. The Bertz CT molecular complexity index is 733. The van der Waals surface area contributed by atoms with Crippen LogP contribution in [0.15, 0.2) is 53.0 Å². The van der Waals surface area contributed by atoms with Crippen LogP contribution >= 0.6 is 15.9 Å². The number of ether oxygens (including phenoxy) is 2. The van der Waals surface area contributed by atoms with E-state index in [9.17, 15) is 9.59 Å². The van der Waals surface area contributed by atoms with Crippen molar-refractivity contribution in [3.8, 4) is 5.75 Å². The Labute approximate surface area is 155 Å². The Morgan fingerprint density at radius 3 is 2.52 bits per heavy atom. The van der Waals surface area contributed by atoms with Crippen LogP contribution in [0.25, 0.3) is 0 Å². The van der Waals surface area contributed by atoms with Crippen molar-refractivity contribution < 1.29 is 19.1 Å². The van der Waals surface area contributed by atoms with E-state index in [1.165, 1.54) is 0 Å². The van der Waals surface area contributed by atoms with Gasteiger partial charge in [0.2, 0.25) is 0 Å². The molecule has 132 valence electrons. The molecule has 2 aromatic rings. The Hall–Kier alpha value is -2.34. The monoisotopic (exact) mass is 405 g/mol. The fourth-order valence-electron chi connectivity index (χ4n) is 2.37. The average Bonchev–Trinajstić information content (AvgIpc) is 2.62. The number of carbonyl (C=O) groups excluding carboxylic acids is 2. The van der Waals surface area contributed by atoms with Gasteiger partial charge in [0.25, 0.3) is 5.91 Å². The normalized spacial score (nSPS) is 11.5. The molecule has 0 unspecified atom stereocenters. The van der Waals surface area contributed by atoms with Crippen molar-refractivity contribution in [3.63, 3.8) is 0 Å². The molecule has 0 aliphatic carbocycles. The summed E-state index contributed by atoms with van der Waals surface area (Å²) in [5.41, 5.74) is 1.27. The molecule has 0 fully saturated rings. The van der Waals surface area contributed by atoms with E-state index in [-0.39, 0.29) is 18.3 Å². The number of hydrogen-bond donors (Lipinski definition) is 1. The zero-order valence-corrected chi connectivity index (χ0v) is 15.7. The Balaban J connectivity index is 2.23. The van der Waals surface area contributed by atoms with Crippen LogP contribution in [0.4, 0.5) is 0 Å². The molecule has 0 aliphatic heterocycles. The van der Waals surface area contributed by atoms with Gasteiger partial charge < -0.3 is 14.8 Å². The number of carbonyl (C=O) groups is 2. The first kappa shape index (κ1) is 19.0. The molecule has 0 radical (unpaired) electrons. The molecule has 0 bridgehead atoms. The summed E-state index contributed by atoms with van der Waals surface area (Å²) in [6.07, 6.45) is 0.0607. The Morgan fingerprint density at radius 2 is 1.88 bits per heavy atom. The van der Waals surface area contributed by atoms with Crippen LogP contribution < -0.4 is 10.1 Å². The molecule has 0 spiro atoms. The summed E-state index contributed by atoms with van der Waals surface area (Å²) >= 11 is 3.37. The summed E-state index contributed by atoms with van der Waals surface area (Å²) in [7, 11) is 1.54. The molecule has 0 saturated heterocycles. The van der Waals surface area contributed by atoms with Gasteiger partial charge >= 0.3 is 5.97 Å². The first-order valence-electron chi connectivity index (χ1n) is 7.90. The van der Waals surface area contributed by atoms with E-state index < -0.39 is 6.04 Å². The van der Waals surface area contributed by atoms with E-state index in [0.717, 1.165) is 5.56 Å². The third-order valence-corrected chi connectivity index (χ3v) is 4.29. The van der Waals surface area contributed by atoms with Gasteiger partial charge in [0, 0.05) is 4.47 Å². The number of hydrogen-bond acceptors (Lipinski definition) is 4. The molecule has 0 aromatic heterocycles. The quantitative estimate of drug-likeness (QED) is 0.709. The second-order valence-corrected chi connectivity index (χ2v) is 6.15. The lowest BCUT2D eigenvalue weighted by Gasteiger charge is -2.19. The number of rotatable bonds is 7. The van der Waals surface area contributed by atoms with Gasteiger partial charge in [-0.3, -0.25) is 9.59 Å². The highest BCUT2D eigenvalue weighted by atomic mass is 79.9. The van der Waals surface area contributed by atoms with Crippen LogP contribution in [0.3, 0.4) is 0 Å². The molecule has 1 amide bonds. The highest BCUT2D eigenvalue weighted by Gasteiger charge is 2.21. The maximum atomic E-state index is 12.7. The molecule has 1 N–H and O–H groups in total. The van der Waals surface area contributed by atoms with Gasteiger partial charge in [-0.25, -0.2) is 0 Å². The smallest absolute Gasteiger partial charge is 0.308 e. The standard InChI is InChI=1S/C19H20BrNO4/c1-3-25-18(22)12-17(13-7-5-4-6-8-13)21-19(23)15-11-14(24-2)9-10-16(15)20/h4-11,17H,3,12H2,1-2H3,(H,21,23)/t17-/m1/s1. The fraction of sp³-hybridized carbons (Fsp3) is 0.263. The van der Waals surface area contributed by atoms with Crippen molar-refractivity contribution in [2.75, 3.05) is 13.7 Å². The number of halogens is 1. The van der Waals surface area contributed by atoms with Gasteiger partial charge in [0.1, 0.15) is 5.75 Å². The third kappa shape index (κ3) is 5.32. The first-order chi connectivity index (χ1) is 12.0. The van der Waals surface area contributed by atoms with Gasteiger partial charge in [-0.1, -0.05) is 30.3 Å². The minimum absolute atomic E-state index is 0.0607. The van der Waals surface area contributed by atoms with E-state index in [1.807, 2.05) is 30.3 Å². The highest BCUT2D eigenvalue weighted by Crippen LogP contribution is 2.24. The molecule has 25 heavy (non-hydrogen) atoms. The van der Waals surface area contributed by atoms with Gasteiger partial charge in [-0.15, -0.1) is 0 Å². The van der Waals surface area contributed by atoms with Crippen LogP contribution in [0.2, 0.25) is 0 Å². The Morgan fingerprint density at radius 1 is 1.16 bits per heavy atom. The molecule has 0 aliphatic rings. The van der Waals surface area contributed by atoms with Crippen molar-refractivity contribution in [1.29, 1.82) is 0 Å². The van der Waals surface area contributed by atoms with E-state index in [1.54, 1.807) is 32.2 Å². The van der Waals surface area contributed by atoms with Gasteiger partial charge in [0.05, 0.1) is 31.7 Å². The molecule has 2 aromatic carbocycles. The zero-order chi connectivity index (χ0) is 18.2. The van der Waals surface area contributed by atoms with Crippen LogP contribution in [0.5, 0.6) is 5.75 Å². The second-order valence-electron chi connectivity index (χ2n) is 5.29. The van der Waals surface area contributed by atoms with Gasteiger partial charge in [0.15, 0.2) is 0 Å². The maximum absolute atomic E-state index is 12.7. The van der Waals surface area contributed by atoms with E-state index in [0.29, 0.717) is 22.4 Å². The Kier molecular flexibility index (Phi) is 7.01. The maximum Gasteiger partial charge on any atom is 0.308 e. The molecule has 5 nitrogen and oxygen atoms in total. The second kappa shape index (κ2) is 9.22. The van der Waals surface area contributed by atoms with Crippen molar-refractivity contribution >= 4 is 27.8 Å². The minimum atomic E-state index is -0.481. The summed E-state index contributed by atoms with van der Waals surface area (Å²) in [6, 6.07) is 14.0. The highest BCUT2D eigenvalue weighted by molar-refractivity contribution is 9.10. The molecular formula is C19H20BrNO4. The van der Waals surface area contributed by atoms with Crippen LogP contribution in [0, 0.1) is 0 Å². The van der Waals surface area contributed by atoms with Crippen molar-refractivity contribution in [1.82, 2.24) is 5.32 Å². The van der Waals surface area contributed by atoms with Crippen LogP contribution in [-0.4, -0.2) is 25.6 Å². The van der Waals surface area contributed by atoms with Crippen molar-refractivity contribution in [2.45, 2.75) is 19.4 Å². The number of benzene rings is 2. The summed E-state index contributed by atoms with van der Waals surface area (Å²) in [5, 5.41) is 2.91. The molecule has 1 atom stereocenters. The summed E-state index contributed by atoms with van der Waals surface area (Å²) < 4.78 is 10.8.